The van der Waals surface area contributed by atoms with E-state index in [-0.39, 0.29) is 0 Å². The number of allylic oxidation sites excluding steroid dienone is 2. The lowest BCUT2D eigenvalue weighted by Gasteiger charge is -2.09. The van der Waals surface area contributed by atoms with Gasteiger partial charge in [0.2, 0.25) is 0 Å². The van der Waals surface area contributed by atoms with Crippen LogP contribution in [0, 0.1) is 5.92 Å². The third-order valence-electron chi connectivity index (χ3n) is 2.95. The fraction of sp³-hybridized carbons (Fsp3) is 0.867. The van der Waals surface area contributed by atoms with E-state index in [2.05, 4.69) is 26.8 Å². The highest BCUT2D eigenvalue weighted by Gasteiger charge is 2.03. The lowest BCUT2D eigenvalue weighted by molar-refractivity contribution is 0.538. The van der Waals surface area contributed by atoms with Gasteiger partial charge in [0.05, 0.1) is 0 Å². The number of unbranched alkanes of at least 4 members (excludes halogenated alkanes) is 6. The fourth-order valence-corrected chi connectivity index (χ4v) is 2.28. The van der Waals surface area contributed by atoms with E-state index in [9.17, 15) is 0 Å². The SMILES string of the molecule is CCCCCCCCCC(C=C(C)C)CCl. The van der Waals surface area contributed by atoms with Gasteiger partial charge >= 0.3 is 0 Å². The Morgan fingerprint density at radius 3 is 2.06 bits per heavy atom. The van der Waals surface area contributed by atoms with Crippen LogP contribution in [0.4, 0.5) is 0 Å². The quantitative estimate of drug-likeness (QED) is 0.253. The summed E-state index contributed by atoms with van der Waals surface area (Å²) in [4.78, 5) is 0. The molecule has 0 spiro atoms. The van der Waals surface area contributed by atoms with Crippen molar-refractivity contribution in [2.75, 3.05) is 5.88 Å². The molecule has 0 aliphatic rings. The average molecular weight is 245 g/mol. The Bertz CT molecular complexity index is 168. The Morgan fingerprint density at radius 1 is 1.00 bits per heavy atom. The molecule has 0 aromatic rings. The van der Waals surface area contributed by atoms with Gasteiger partial charge in [-0.3, -0.25) is 0 Å². The molecule has 0 amide bonds. The van der Waals surface area contributed by atoms with Crippen molar-refractivity contribution in [2.24, 2.45) is 5.92 Å². The second kappa shape index (κ2) is 11.5. The van der Waals surface area contributed by atoms with Crippen LogP contribution in [-0.2, 0) is 0 Å². The van der Waals surface area contributed by atoms with Crippen molar-refractivity contribution in [3.63, 3.8) is 0 Å². The van der Waals surface area contributed by atoms with Gasteiger partial charge in [-0.05, 0) is 26.2 Å². The van der Waals surface area contributed by atoms with Crippen LogP contribution in [0.15, 0.2) is 11.6 Å². The summed E-state index contributed by atoms with van der Waals surface area (Å²) in [5.74, 6) is 1.38. The Hall–Kier alpha value is 0.0300. The summed E-state index contributed by atoms with van der Waals surface area (Å²) in [7, 11) is 0. The first kappa shape index (κ1) is 16.0. The van der Waals surface area contributed by atoms with E-state index in [1.807, 2.05) is 0 Å². The van der Waals surface area contributed by atoms with Gasteiger partial charge in [-0.1, -0.05) is 63.5 Å². The van der Waals surface area contributed by atoms with Crippen LogP contribution in [0.2, 0.25) is 0 Å². The molecule has 0 aliphatic carbocycles. The zero-order valence-electron chi connectivity index (χ0n) is 11.4. The summed E-state index contributed by atoms with van der Waals surface area (Å²) in [6.45, 7) is 6.58. The summed E-state index contributed by atoms with van der Waals surface area (Å²) in [6.07, 6.45) is 13.3. The lowest BCUT2D eigenvalue weighted by Crippen LogP contribution is -1.99. The third kappa shape index (κ3) is 10.5. The van der Waals surface area contributed by atoms with Crippen molar-refractivity contribution in [1.82, 2.24) is 0 Å². The molecular formula is C15H29Cl. The maximum Gasteiger partial charge on any atom is 0.0286 e. The van der Waals surface area contributed by atoms with Gasteiger partial charge in [0.25, 0.3) is 0 Å². The normalized spacial score (nSPS) is 12.5. The molecule has 0 aromatic heterocycles. The number of hydrogen-bond donors (Lipinski definition) is 0. The highest BCUT2D eigenvalue weighted by atomic mass is 35.5. The van der Waals surface area contributed by atoms with E-state index in [0.29, 0.717) is 5.92 Å². The maximum atomic E-state index is 5.95. The number of halogens is 1. The molecular weight excluding hydrogens is 216 g/mol. The topological polar surface area (TPSA) is 0 Å². The van der Waals surface area contributed by atoms with Gasteiger partial charge in [-0.15, -0.1) is 11.6 Å². The van der Waals surface area contributed by atoms with Crippen LogP contribution in [-0.4, -0.2) is 5.88 Å². The second-order valence-corrected chi connectivity index (χ2v) is 5.38. The molecule has 16 heavy (non-hydrogen) atoms. The van der Waals surface area contributed by atoms with Gasteiger partial charge < -0.3 is 0 Å². The zero-order valence-corrected chi connectivity index (χ0v) is 12.2. The van der Waals surface area contributed by atoms with Crippen molar-refractivity contribution in [3.05, 3.63) is 11.6 Å². The van der Waals surface area contributed by atoms with Gasteiger partial charge in [-0.25, -0.2) is 0 Å². The first-order valence-corrected chi connectivity index (χ1v) is 7.45. The van der Waals surface area contributed by atoms with E-state index < -0.39 is 0 Å². The number of alkyl halides is 1. The zero-order chi connectivity index (χ0) is 12.2. The predicted octanol–water partition coefficient (Wildman–Crippen LogP) is 5.95. The largest absolute Gasteiger partial charge is 0.126 e. The summed E-state index contributed by atoms with van der Waals surface area (Å²) < 4.78 is 0. The standard InChI is InChI=1S/C15H29Cl/c1-4-5-6-7-8-9-10-11-15(13-16)12-14(2)3/h12,15H,4-11,13H2,1-3H3. The van der Waals surface area contributed by atoms with Crippen LogP contribution in [0.25, 0.3) is 0 Å². The summed E-state index contributed by atoms with van der Waals surface area (Å²) in [6, 6.07) is 0. The average Bonchev–Trinajstić information content (AvgIpc) is 2.25. The first-order chi connectivity index (χ1) is 7.70. The minimum atomic E-state index is 0.599. The minimum absolute atomic E-state index is 0.599. The van der Waals surface area contributed by atoms with E-state index in [0.717, 1.165) is 5.88 Å². The van der Waals surface area contributed by atoms with Crippen LogP contribution in [0.3, 0.4) is 0 Å². The molecule has 0 aromatic carbocycles. The van der Waals surface area contributed by atoms with Gasteiger partial charge in [0.1, 0.15) is 0 Å². The van der Waals surface area contributed by atoms with Crippen molar-refractivity contribution in [2.45, 2.75) is 72.1 Å². The summed E-state index contributed by atoms with van der Waals surface area (Å²) >= 11 is 5.95. The minimum Gasteiger partial charge on any atom is -0.126 e. The summed E-state index contributed by atoms with van der Waals surface area (Å²) in [5, 5.41) is 0. The Kier molecular flexibility index (Phi) is 11.5. The molecule has 0 aliphatic heterocycles. The highest BCUT2D eigenvalue weighted by molar-refractivity contribution is 6.18. The predicted molar refractivity (Wildman–Crippen MR) is 76.3 cm³/mol. The second-order valence-electron chi connectivity index (χ2n) is 5.07. The highest BCUT2D eigenvalue weighted by Crippen LogP contribution is 2.16. The van der Waals surface area contributed by atoms with Crippen LogP contribution in [0.1, 0.15) is 72.1 Å². The molecule has 1 atom stereocenters. The number of rotatable bonds is 10. The fourth-order valence-electron chi connectivity index (χ4n) is 2.04. The van der Waals surface area contributed by atoms with E-state index >= 15 is 0 Å². The van der Waals surface area contributed by atoms with Crippen molar-refractivity contribution in [3.8, 4) is 0 Å². The van der Waals surface area contributed by atoms with Gasteiger partial charge in [0, 0.05) is 5.88 Å². The molecule has 0 saturated heterocycles. The van der Waals surface area contributed by atoms with E-state index in [1.165, 1.54) is 56.9 Å². The smallest absolute Gasteiger partial charge is 0.0286 e. The van der Waals surface area contributed by atoms with Crippen molar-refractivity contribution >= 4 is 11.6 Å². The Labute approximate surface area is 107 Å². The molecule has 0 heterocycles. The Morgan fingerprint density at radius 2 is 1.56 bits per heavy atom. The molecule has 1 heteroatoms. The molecule has 0 rings (SSSR count). The van der Waals surface area contributed by atoms with Gasteiger partial charge in [0.15, 0.2) is 0 Å². The molecule has 0 nitrogen and oxygen atoms in total. The lowest BCUT2D eigenvalue weighted by atomic mass is 10.00. The van der Waals surface area contributed by atoms with Crippen molar-refractivity contribution in [1.29, 1.82) is 0 Å². The van der Waals surface area contributed by atoms with Crippen LogP contribution < -0.4 is 0 Å². The molecule has 1 unspecified atom stereocenters. The number of hydrogen-bond acceptors (Lipinski definition) is 0. The van der Waals surface area contributed by atoms with Crippen LogP contribution in [0.5, 0.6) is 0 Å². The van der Waals surface area contributed by atoms with E-state index in [1.54, 1.807) is 0 Å². The monoisotopic (exact) mass is 244 g/mol. The van der Waals surface area contributed by atoms with Crippen LogP contribution >= 0.6 is 11.6 Å². The summed E-state index contributed by atoms with van der Waals surface area (Å²) in [5.41, 5.74) is 1.40. The van der Waals surface area contributed by atoms with E-state index in [4.69, 9.17) is 11.6 Å². The molecule has 0 N–H and O–H groups in total. The molecule has 0 radical (unpaired) electrons. The molecule has 0 fully saturated rings. The van der Waals surface area contributed by atoms with Crippen molar-refractivity contribution < 1.29 is 0 Å². The maximum absolute atomic E-state index is 5.95. The molecule has 0 bridgehead atoms. The third-order valence-corrected chi connectivity index (χ3v) is 3.34. The molecule has 96 valence electrons. The van der Waals surface area contributed by atoms with Gasteiger partial charge in [-0.2, -0.15) is 0 Å². The first-order valence-electron chi connectivity index (χ1n) is 6.91. The molecule has 0 saturated carbocycles. The Balaban J connectivity index is 3.38.